The second-order valence-corrected chi connectivity index (χ2v) is 5.61. The summed E-state index contributed by atoms with van der Waals surface area (Å²) in [6.45, 7) is 4.80. The summed E-state index contributed by atoms with van der Waals surface area (Å²) < 4.78 is 0. The minimum Gasteiger partial charge on any atom is -0.317 e. The second-order valence-electron chi connectivity index (χ2n) is 5.61. The van der Waals surface area contributed by atoms with Gasteiger partial charge in [-0.2, -0.15) is 0 Å². The average molecular weight is 222 g/mol. The fraction of sp³-hybridized carbons (Fsp3) is 1.00. The summed E-state index contributed by atoms with van der Waals surface area (Å²) in [5, 5.41) is 7.30. The number of nitrogens with one attached hydrogen (secondary N) is 1. The molecule has 90 valence electrons. The normalized spacial score (nSPS) is 36.7. The summed E-state index contributed by atoms with van der Waals surface area (Å²) in [6, 6.07) is 0.264. The number of hydrogen-bond donors (Lipinski definition) is 1. The maximum atomic E-state index is 8.45. The Morgan fingerprint density at radius 3 is 2.38 bits per heavy atom. The first-order valence-corrected chi connectivity index (χ1v) is 6.49. The molecule has 0 aromatic rings. The Labute approximate surface area is 97.4 Å². The van der Waals surface area contributed by atoms with E-state index >= 15 is 0 Å². The Kier molecular flexibility index (Phi) is 3.72. The second kappa shape index (κ2) is 5.07. The molecule has 1 saturated carbocycles. The summed E-state index contributed by atoms with van der Waals surface area (Å²) in [7, 11) is 0. The van der Waals surface area contributed by atoms with Gasteiger partial charge in [-0.25, -0.2) is 0 Å². The van der Waals surface area contributed by atoms with Crippen molar-refractivity contribution in [3.8, 4) is 0 Å². The van der Waals surface area contributed by atoms with Gasteiger partial charge in [0, 0.05) is 11.0 Å². The fourth-order valence-corrected chi connectivity index (χ4v) is 3.38. The molecule has 0 amide bonds. The van der Waals surface area contributed by atoms with Gasteiger partial charge in [0.05, 0.1) is 0 Å². The Hall–Kier alpha value is -0.730. The lowest BCUT2D eigenvalue weighted by Crippen LogP contribution is -2.39. The highest BCUT2D eigenvalue weighted by atomic mass is 15.1. The predicted molar refractivity (Wildman–Crippen MR) is 65.1 cm³/mol. The third-order valence-electron chi connectivity index (χ3n) is 4.64. The quantitative estimate of drug-likeness (QED) is 0.435. The van der Waals surface area contributed by atoms with Gasteiger partial charge in [-0.15, -0.1) is 0 Å². The molecule has 4 heteroatoms. The van der Waals surface area contributed by atoms with Crippen LogP contribution < -0.4 is 5.32 Å². The van der Waals surface area contributed by atoms with Crippen LogP contribution in [-0.4, -0.2) is 19.1 Å². The number of azide groups is 1. The van der Waals surface area contributed by atoms with E-state index in [1.54, 1.807) is 0 Å². The molecular formula is C12H22N4. The van der Waals surface area contributed by atoms with E-state index in [0.29, 0.717) is 5.41 Å². The summed E-state index contributed by atoms with van der Waals surface area (Å²) in [6.07, 6.45) is 7.29. The molecule has 0 spiro atoms. The Morgan fingerprint density at radius 2 is 1.81 bits per heavy atom. The molecular weight excluding hydrogens is 200 g/mol. The van der Waals surface area contributed by atoms with Crippen molar-refractivity contribution in [2.24, 2.45) is 16.4 Å². The van der Waals surface area contributed by atoms with Crippen molar-refractivity contribution in [1.82, 2.24) is 5.32 Å². The van der Waals surface area contributed by atoms with E-state index < -0.39 is 0 Å². The van der Waals surface area contributed by atoms with Crippen LogP contribution in [0.1, 0.15) is 45.4 Å². The third-order valence-corrected chi connectivity index (χ3v) is 4.64. The Bertz CT molecular complexity index is 269. The number of rotatable bonds is 2. The van der Waals surface area contributed by atoms with Crippen molar-refractivity contribution >= 4 is 0 Å². The zero-order chi connectivity index (χ0) is 11.4. The SMILES string of the molecule is CC1(C2CCNCC2)CCC(N=[N+]=[N-])CC1. The molecule has 1 heterocycles. The molecule has 16 heavy (non-hydrogen) atoms. The van der Waals surface area contributed by atoms with E-state index in [1.165, 1.54) is 38.8 Å². The van der Waals surface area contributed by atoms with Gasteiger partial charge < -0.3 is 5.32 Å². The molecule has 0 aromatic carbocycles. The molecule has 0 bridgehead atoms. The first-order chi connectivity index (χ1) is 7.74. The Morgan fingerprint density at radius 1 is 1.19 bits per heavy atom. The first kappa shape index (κ1) is 11.7. The van der Waals surface area contributed by atoms with Gasteiger partial charge in [-0.3, -0.25) is 0 Å². The van der Waals surface area contributed by atoms with E-state index in [4.69, 9.17) is 5.53 Å². The van der Waals surface area contributed by atoms with Gasteiger partial charge in [-0.05, 0) is 68.5 Å². The van der Waals surface area contributed by atoms with Crippen molar-refractivity contribution < 1.29 is 0 Å². The average Bonchev–Trinajstić information content (AvgIpc) is 2.34. The number of nitrogens with zero attached hydrogens (tertiary/aromatic N) is 3. The van der Waals surface area contributed by atoms with Crippen LogP contribution in [0.4, 0.5) is 0 Å². The molecule has 2 fully saturated rings. The van der Waals surface area contributed by atoms with E-state index in [0.717, 1.165) is 18.8 Å². The van der Waals surface area contributed by atoms with E-state index in [9.17, 15) is 0 Å². The van der Waals surface area contributed by atoms with Gasteiger partial charge in [0.25, 0.3) is 0 Å². The smallest absolute Gasteiger partial charge is 0.0374 e. The lowest BCUT2D eigenvalue weighted by Gasteiger charge is -2.44. The van der Waals surface area contributed by atoms with Crippen molar-refractivity contribution in [3.05, 3.63) is 10.4 Å². The molecule has 2 aliphatic rings. The van der Waals surface area contributed by atoms with Crippen LogP contribution in [0.25, 0.3) is 10.4 Å². The summed E-state index contributed by atoms with van der Waals surface area (Å²) in [5.74, 6) is 0.876. The van der Waals surface area contributed by atoms with Crippen molar-refractivity contribution in [3.63, 3.8) is 0 Å². The number of hydrogen-bond acceptors (Lipinski definition) is 2. The summed E-state index contributed by atoms with van der Waals surface area (Å²) >= 11 is 0. The lowest BCUT2D eigenvalue weighted by atomic mass is 9.64. The maximum absolute atomic E-state index is 8.45. The molecule has 0 aromatic heterocycles. The molecule has 4 nitrogen and oxygen atoms in total. The summed E-state index contributed by atoms with van der Waals surface area (Å²) in [5.41, 5.74) is 8.95. The molecule has 0 atom stereocenters. The van der Waals surface area contributed by atoms with Gasteiger partial charge in [0.2, 0.25) is 0 Å². The molecule has 1 N–H and O–H groups in total. The van der Waals surface area contributed by atoms with Crippen LogP contribution in [0.3, 0.4) is 0 Å². The molecule has 0 unspecified atom stereocenters. The lowest BCUT2D eigenvalue weighted by molar-refractivity contribution is 0.0858. The van der Waals surface area contributed by atoms with E-state index in [1.807, 2.05) is 0 Å². The minimum atomic E-state index is 0.264. The van der Waals surface area contributed by atoms with Crippen LogP contribution in [-0.2, 0) is 0 Å². The predicted octanol–water partition coefficient (Wildman–Crippen LogP) is 3.25. The first-order valence-electron chi connectivity index (χ1n) is 6.49. The highest BCUT2D eigenvalue weighted by molar-refractivity contribution is 4.91. The van der Waals surface area contributed by atoms with Crippen LogP contribution in [0.2, 0.25) is 0 Å². The van der Waals surface area contributed by atoms with Crippen LogP contribution in [0.15, 0.2) is 5.11 Å². The van der Waals surface area contributed by atoms with Gasteiger partial charge in [0.1, 0.15) is 0 Å². The highest BCUT2D eigenvalue weighted by Crippen LogP contribution is 2.46. The third kappa shape index (κ3) is 2.50. The van der Waals surface area contributed by atoms with E-state index in [-0.39, 0.29) is 6.04 Å². The Balaban J connectivity index is 1.91. The van der Waals surface area contributed by atoms with E-state index in [2.05, 4.69) is 22.3 Å². The van der Waals surface area contributed by atoms with Gasteiger partial charge in [0.15, 0.2) is 0 Å². The molecule has 0 radical (unpaired) electrons. The zero-order valence-corrected chi connectivity index (χ0v) is 10.2. The largest absolute Gasteiger partial charge is 0.317 e. The van der Waals surface area contributed by atoms with Gasteiger partial charge >= 0.3 is 0 Å². The maximum Gasteiger partial charge on any atom is 0.0374 e. The summed E-state index contributed by atoms with van der Waals surface area (Å²) in [4.78, 5) is 2.93. The fourth-order valence-electron chi connectivity index (χ4n) is 3.38. The van der Waals surface area contributed by atoms with Gasteiger partial charge in [-0.1, -0.05) is 12.0 Å². The highest BCUT2D eigenvalue weighted by Gasteiger charge is 2.37. The zero-order valence-electron chi connectivity index (χ0n) is 10.2. The molecule has 1 aliphatic carbocycles. The van der Waals surface area contributed by atoms with Crippen LogP contribution in [0, 0.1) is 11.3 Å². The standard InChI is InChI=1S/C12H22N4/c1-12(10-4-8-14-9-5-10)6-2-11(3-7-12)15-16-13/h10-11,14H,2-9H2,1H3. The monoisotopic (exact) mass is 222 g/mol. The van der Waals surface area contributed by atoms with Crippen LogP contribution in [0.5, 0.6) is 0 Å². The molecule has 2 rings (SSSR count). The van der Waals surface area contributed by atoms with Crippen molar-refractivity contribution in [1.29, 1.82) is 0 Å². The minimum absolute atomic E-state index is 0.264. The van der Waals surface area contributed by atoms with Crippen molar-refractivity contribution in [2.45, 2.75) is 51.5 Å². The molecule has 1 aliphatic heterocycles. The number of piperidine rings is 1. The van der Waals surface area contributed by atoms with Crippen LogP contribution >= 0.6 is 0 Å². The van der Waals surface area contributed by atoms with Crippen molar-refractivity contribution in [2.75, 3.05) is 13.1 Å². The molecule has 1 saturated heterocycles. The topological polar surface area (TPSA) is 60.8 Å².